The summed E-state index contributed by atoms with van der Waals surface area (Å²) in [5.74, 6) is -5.08. The minimum absolute atomic E-state index is 0.0638. The number of hydrogen-bond donors (Lipinski definition) is 3. The van der Waals surface area contributed by atoms with E-state index in [1.54, 1.807) is 0 Å². The lowest BCUT2D eigenvalue weighted by atomic mass is 9.75. The number of aromatic nitrogens is 2. The van der Waals surface area contributed by atoms with Crippen molar-refractivity contribution in [3.8, 4) is 6.07 Å². The van der Waals surface area contributed by atoms with Crippen LogP contribution in [0.4, 0.5) is 14.6 Å². The molecule has 1 fully saturated rings. The zero-order valence-electron chi connectivity index (χ0n) is 12.8. The molecule has 0 aliphatic heterocycles. The van der Waals surface area contributed by atoms with Crippen LogP contribution in [-0.2, 0) is 11.2 Å². The minimum atomic E-state index is -3.78. The second-order valence-electron chi connectivity index (χ2n) is 5.86. The molecule has 0 saturated heterocycles. The summed E-state index contributed by atoms with van der Waals surface area (Å²) >= 11 is 0. The van der Waals surface area contributed by atoms with E-state index in [1.165, 1.54) is 7.05 Å². The number of nitrogen functional groups attached to an aromatic ring is 1. The molecule has 1 amide bonds. The van der Waals surface area contributed by atoms with Crippen molar-refractivity contribution in [2.75, 3.05) is 19.3 Å². The summed E-state index contributed by atoms with van der Waals surface area (Å²) < 4.78 is 28.1. The average molecular weight is 327 g/mol. The van der Waals surface area contributed by atoms with E-state index in [0.29, 0.717) is 25.0 Å². The van der Waals surface area contributed by atoms with Gasteiger partial charge < -0.3 is 15.7 Å². The Kier molecular flexibility index (Phi) is 4.56. The fourth-order valence-corrected chi connectivity index (χ4v) is 2.56. The third kappa shape index (κ3) is 2.99. The first-order valence-corrected chi connectivity index (χ1v) is 7.31. The maximum Gasteiger partial charge on any atom is 0.352 e. The van der Waals surface area contributed by atoms with Gasteiger partial charge in [0.25, 0.3) is 5.91 Å². The Bertz CT molecular complexity index is 634. The van der Waals surface area contributed by atoms with Crippen molar-refractivity contribution in [2.24, 2.45) is 0 Å². The first-order chi connectivity index (χ1) is 10.7. The van der Waals surface area contributed by atoms with E-state index < -0.39 is 17.4 Å². The molecule has 1 aliphatic rings. The van der Waals surface area contributed by atoms with Gasteiger partial charge in [-0.15, -0.1) is 0 Å². The van der Waals surface area contributed by atoms with Crippen LogP contribution in [-0.4, -0.2) is 51.2 Å². The lowest BCUT2D eigenvalue weighted by molar-refractivity contribution is -0.222. The average Bonchev–Trinajstić information content (AvgIpc) is 2.83. The van der Waals surface area contributed by atoms with Crippen molar-refractivity contribution in [1.29, 1.82) is 5.26 Å². The Balaban J connectivity index is 1.91. The molecule has 126 valence electrons. The third-order valence-electron chi connectivity index (χ3n) is 4.28. The lowest BCUT2D eigenvalue weighted by Crippen LogP contribution is -2.60. The van der Waals surface area contributed by atoms with Crippen molar-refractivity contribution in [3.05, 3.63) is 11.3 Å². The van der Waals surface area contributed by atoms with Crippen LogP contribution in [0.3, 0.4) is 0 Å². The van der Waals surface area contributed by atoms with E-state index in [1.807, 2.05) is 6.07 Å². The van der Waals surface area contributed by atoms with Crippen LogP contribution in [0.5, 0.6) is 0 Å². The van der Waals surface area contributed by atoms with Crippen LogP contribution in [0.2, 0.25) is 0 Å². The molecule has 0 bridgehead atoms. The summed E-state index contributed by atoms with van der Waals surface area (Å²) in [7, 11) is 1.27. The van der Waals surface area contributed by atoms with E-state index >= 15 is 0 Å². The molecule has 0 atom stereocenters. The van der Waals surface area contributed by atoms with E-state index in [0.717, 1.165) is 4.90 Å². The Morgan fingerprint density at radius 1 is 1.61 bits per heavy atom. The van der Waals surface area contributed by atoms with Gasteiger partial charge in [-0.2, -0.15) is 19.1 Å². The van der Waals surface area contributed by atoms with Crippen LogP contribution in [0.1, 0.15) is 36.9 Å². The van der Waals surface area contributed by atoms with Gasteiger partial charge in [-0.05, 0) is 32.1 Å². The normalized spacial score (nSPS) is 16.5. The van der Waals surface area contributed by atoms with Gasteiger partial charge in [0.1, 0.15) is 17.2 Å². The topological polar surface area (TPSA) is 119 Å². The second kappa shape index (κ2) is 6.12. The lowest BCUT2D eigenvalue weighted by Gasteiger charge is -2.42. The quantitative estimate of drug-likeness (QED) is 0.714. The summed E-state index contributed by atoms with van der Waals surface area (Å²) in [6.07, 6.45) is 1.05. The number of alkyl halides is 2. The molecule has 9 heteroatoms. The fraction of sp³-hybridized carbons (Fsp3) is 0.643. The van der Waals surface area contributed by atoms with Crippen LogP contribution in [0.15, 0.2) is 0 Å². The highest BCUT2D eigenvalue weighted by atomic mass is 19.3. The number of carbonyl (C=O) groups is 1. The number of hydrogen-bond acceptors (Lipinski definition) is 5. The molecular weight excluding hydrogens is 308 g/mol. The first-order valence-electron chi connectivity index (χ1n) is 7.31. The zero-order chi connectivity index (χ0) is 17.3. The smallest absolute Gasteiger partial charge is 0.352 e. The van der Waals surface area contributed by atoms with Gasteiger partial charge in [0, 0.05) is 13.6 Å². The van der Waals surface area contributed by atoms with E-state index in [4.69, 9.17) is 11.0 Å². The Labute approximate surface area is 132 Å². The van der Waals surface area contributed by atoms with Gasteiger partial charge in [-0.3, -0.25) is 9.89 Å². The van der Waals surface area contributed by atoms with Gasteiger partial charge in [-0.1, -0.05) is 0 Å². The molecule has 23 heavy (non-hydrogen) atoms. The highest BCUT2D eigenvalue weighted by Crippen LogP contribution is 2.44. The van der Waals surface area contributed by atoms with Gasteiger partial charge in [0.15, 0.2) is 5.82 Å². The molecule has 0 unspecified atom stereocenters. The Morgan fingerprint density at radius 2 is 2.26 bits per heavy atom. The van der Waals surface area contributed by atoms with Crippen molar-refractivity contribution >= 4 is 11.7 Å². The number of amides is 1. The number of carbonyl (C=O) groups excluding carboxylic acids is 1. The number of nitrogens with zero attached hydrogens (tertiary/aromatic N) is 3. The van der Waals surface area contributed by atoms with Crippen molar-refractivity contribution in [1.82, 2.24) is 15.1 Å². The maximum absolute atomic E-state index is 14.1. The van der Waals surface area contributed by atoms with Crippen LogP contribution in [0.25, 0.3) is 0 Å². The summed E-state index contributed by atoms with van der Waals surface area (Å²) in [6.45, 7) is 0.0638. The molecule has 0 spiro atoms. The predicted octanol–water partition coefficient (Wildman–Crippen LogP) is 0.805. The fourth-order valence-electron chi connectivity index (χ4n) is 2.56. The number of anilines is 1. The zero-order valence-corrected chi connectivity index (χ0v) is 12.8. The summed E-state index contributed by atoms with van der Waals surface area (Å²) in [6, 6.07) is 1.91. The number of rotatable bonds is 6. The van der Waals surface area contributed by atoms with Gasteiger partial charge >= 0.3 is 5.92 Å². The highest BCUT2D eigenvalue weighted by molar-refractivity contribution is 5.85. The highest BCUT2D eigenvalue weighted by Gasteiger charge is 2.61. The number of aliphatic hydroxyl groups is 1. The Morgan fingerprint density at radius 3 is 2.78 bits per heavy atom. The third-order valence-corrected chi connectivity index (χ3v) is 4.28. The standard InChI is InChI=1S/C14H19F2N5O2/c1-21(12(22)14(15,16)13(23)5-3-6-13)7-2-4-10-9(8-17)11(18)20-19-10/h23H,2-7H2,1H3,(H3,18,19,20). The van der Waals surface area contributed by atoms with Crippen molar-refractivity contribution in [3.63, 3.8) is 0 Å². The molecule has 7 nitrogen and oxygen atoms in total. The number of nitrogens with one attached hydrogen (secondary N) is 1. The molecule has 1 aromatic heterocycles. The number of aryl methyl sites for hydroxylation is 1. The van der Waals surface area contributed by atoms with Gasteiger partial charge in [0.2, 0.25) is 0 Å². The van der Waals surface area contributed by atoms with E-state index in [-0.39, 0.29) is 30.8 Å². The number of H-pyrrole nitrogens is 1. The predicted molar refractivity (Wildman–Crippen MR) is 77.4 cm³/mol. The SMILES string of the molecule is CN(CCCc1[nH]nc(N)c1C#N)C(=O)C(F)(F)C1(O)CCC1. The monoisotopic (exact) mass is 327 g/mol. The molecule has 1 aliphatic carbocycles. The molecule has 1 aromatic rings. The Hall–Kier alpha value is -2.21. The van der Waals surface area contributed by atoms with Gasteiger partial charge in [-0.25, -0.2) is 0 Å². The van der Waals surface area contributed by atoms with Crippen molar-refractivity contribution in [2.45, 2.75) is 43.6 Å². The van der Waals surface area contributed by atoms with Crippen LogP contribution < -0.4 is 5.73 Å². The van der Waals surface area contributed by atoms with E-state index in [2.05, 4.69) is 10.2 Å². The maximum atomic E-state index is 14.1. The molecule has 4 N–H and O–H groups in total. The van der Waals surface area contributed by atoms with Gasteiger partial charge in [0.05, 0.1) is 5.69 Å². The summed E-state index contributed by atoms with van der Waals surface area (Å²) in [4.78, 5) is 12.8. The van der Waals surface area contributed by atoms with E-state index in [9.17, 15) is 18.7 Å². The summed E-state index contributed by atoms with van der Waals surface area (Å²) in [5, 5.41) is 25.0. The number of nitriles is 1. The number of nitrogens with two attached hydrogens (primary N) is 1. The largest absolute Gasteiger partial charge is 0.383 e. The molecular formula is C14H19F2N5O2. The van der Waals surface area contributed by atoms with Crippen molar-refractivity contribution < 1.29 is 18.7 Å². The number of halogens is 2. The molecule has 0 radical (unpaired) electrons. The number of aromatic amines is 1. The second-order valence-corrected chi connectivity index (χ2v) is 5.86. The minimum Gasteiger partial charge on any atom is -0.383 e. The molecule has 1 heterocycles. The molecule has 0 aromatic carbocycles. The molecule has 1 saturated carbocycles. The van der Waals surface area contributed by atoms with Crippen LogP contribution in [0, 0.1) is 11.3 Å². The van der Waals surface area contributed by atoms with Crippen LogP contribution >= 0.6 is 0 Å². The molecule has 2 rings (SSSR count). The summed E-state index contributed by atoms with van der Waals surface area (Å²) in [5.41, 5.74) is 4.02. The first kappa shape index (κ1) is 17.1.